The third kappa shape index (κ3) is 5.58. The monoisotopic (exact) mass is 202 g/mol. The van der Waals surface area contributed by atoms with Crippen molar-refractivity contribution in [1.82, 2.24) is 4.90 Å². The first-order valence-electron chi connectivity index (χ1n) is 5.38. The number of aliphatic hydroxyl groups excluding tert-OH is 1. The van der Waals surface area contributed by atoms with Gasteiger partial charge in [0.05, 0.1) is 6.61 Å². The molecule has 3 heteroatoms. The molecule has 0 rings (SSSR count). The number of likely N-dealkylation sites (N-methyl/N-ethyl adjacent to an activating group) is 1. The van der Waals surface area contributed by atoms with Gasteiger partial charge in [0.2, 0.25) is 0 Å². The van der Waals surface area contributed by atoms with Crippen molar-refractivity contribution in [2.24, 2.45) is 11.7 Å². The van der Waals surface area contributed by atoms with Gasteiger partial charge in [-0.2, -0.15) is 0 Å². The first-order valence-corrected chi connectivity index (χ1v) is 5.38. The van der Waals surface area contributed by atoms with Gasteiger partial charge in [0, 0.05) is 18.1 Å². The lowest BCUT2D eigenvalue weighted by Gasteiger charge is -2.33. The lowest BCUT2D eigenvalue weighted by molar-refractivity contribution is 0.134. The number of hydrogen-bond donors (Lipinski definition) is 2. The Hall–Kier alpha value is -0.120. The molecule has 0 aliphatic carbocycles. The Bertz CT molecular complexity index is 157. The maximum absolute atomic E-state index is 9.05. The van der Waals surface area contributed by atoms with E-state index in [1.54, 1.807) is 0 Å². The van der Waals surface area contributed by atoms with Crippen molar-refractivity contribution in [3.05, 3.63) is 0 Å². The van der Waals surface area contributed by atoms with E-state index in [2.05, 4.69) is 32.7 Å². The summed E-state index contributed by atoms with van der Waals surface area (Å²) < 4.78 is 0. The molecule has 0 aliphatic rings. The average molecular weight is 202 g/mol. The molecule has 2 unspecified atom stereocenters. The molecule has 0 aromatic carbocycles. The summed E-state index contributed by atoms with van der Waals surface area (Å²) in [5.41, 5.74) is 5.41. The van der Waals surface area contributed by atoms with Crippen molar-refractivity contribution in [2.75, 3.05) is 20.2 Å². The minimum atomic E-state index is -0.486. The molecule has 0 heterocycles. The van der Waals surface area contributed by atoms with Crippen LogP contribution >= 0.6 is 0 Å². The van der Waals surface area contributed by atoms with E-state index in [0.717, 1.165) is 13.0 Å². The van der Waals surface area contributed by atoms with Crippen LogP contribution in [0, 0.1) is 5.92 Å². The van der Waals surface area contributed by atoms with E-state index in [4.69, 9.17) is 10.8 Å². The van der Waals surface area contributed by atoms with Gasteiger partial charge in [0.1, 0.15) is 0 Å². The highest BCUT2D eigenvalue weighted by atomic mass is 16.3. The number of nitrogens with two attached hydrogens (primary N) is 1. The van der Waals surface area contributed by atoms with Crippen LogP contribution in [0.2, 0.25) is 0 Å². The zero-order valence-corrected chi connectivity index (χ0v) is 10.2. The minimum absolute atomic E-state index is 0.0335. The highest BCUT2D eigenvalue weighted by Gasteiger charge is 2.22. The number of rotatable bonds is 6. The molecule has 0 amide bonds. The van der Waals surface area contributed by atoms with Crippen molar-refractivity contribution in [3.63, 3.8) is 0 Å². The van der Waals surface area contributed by atoms with Crippen LogP contribution in [0.4, 0.5) is 0 Å². The van der Waals surface area contributed by atoms with E-state index in [1.165, 1.54) is 0 Å². The quantitative estimate of drug-likeness (QED) is 0.677. The highest BCUT2D eigenvalue weighted by Crippen LogP contribution is 2.11. The second-order valence-electron chi connectivity index (χ2n) is 5.21. The second kappa shape index (κ2) is 5.69. The molecule has 86 valence electrons. The average Bonchev–Trinajstić information content (AvgIpc) is 2.02. The molecule has 0 saturated carbocycles. The predicted octanol–water partition coefficient (Wildman–Crippen LogP) is 1.06. The van der Waals surface area contributed by atoms with Crippen molar-refractivity contribution < 1.29 is 5.11 Å². The van der Waals surface area contributed by atoms with Gasteiger partial charge >= 0.3 is 0 Å². The molecule has 0 aliphatic heterocycles. The summed E-state index contributed by atoms with van der Waals surface area (Å²) in [5, 5.41) is 9.05. The largest absolute Gasteiger partial charge is 0.394 e. The van der Waals surface area contributed by atoms with Crippen LogP contribution in [0.15, 0.2) is 0 Å². The Morgan fingerprint density at radius 3 is 2.21 bits per heavy atom. The lowest BCUT2D eigenvalue weighted by atomic mass is 10.0. The standard InChI is InChI=1S/C11H26N2O/c1-9(2)6-10(3)13(5)7-11(4,12)8-14/h9-10,14H,6-8,12H2,1-5H3. The van der Waals surface area contributed by atoms with Gasteiger partial charge in [-0.1, -0.05) is 13.8 Å². The van der Waals surface area contributed by atoms with Crippen LogP contribution in [-0.2, 0) is 0 Å². The molecule has 0 bridgehead atoms. The number of hydrogen-bond acceptors (Lipinski definition) is 3. The van der Waals surface area contributed by atoms with E-state index in [-0.39, 0.29) is 6.61 Å². The molecule has 0 aromatic rings. The first kappa shape index (κ1) is 13.9. The minimum Gasteiger partial charge on any atom is -0.394 e. The summed E-state index contributed by atoms with van der Waals surface area (Å²) in [6, 6.07) is 0.518. The molecule has 14 heavy (non-hydrogen) atoms. The van der Waals surface area contributed by atoms with E-state index in [9.17, 15) is 0 Å². The molecule has 3 N–H and O–H groups in total. The van der Waals surface area contributed by atoms with Gasteiger partial charge in [0.15, 0.2) is 0 Å². The van der Waals surface area contributed by atoms with Crippen LogP contribution in [-0.4, -0.2) is 41.8 Å². The van der Waals surface area contributed by atoms with Crippen LogP contribution in [0.5, 0.6) is 0 Å². The van der Waals surface area contributed by atoms with Gasteiger partial charge < -0.3 is 15.7 Å². The van der Waals surface area contributed by atoms with E-state index >= 15 is 0 Å². The Morgan fingerprint density at radius 2 is 1.86 bits per heavy atom. The Kier molecular flexibility index (Phi) is 5.64. The summed E-state index contributed by atoms with van der Waals surface area (Å²) in [4.78, 5) is 2.22. The molecule has 0 radical (unpaired) electrons. The maximum Gasteiger partial charge on any atom is 0.0621 e. The second-order valence-corrected chi connectivity index (χ2v) is 5.21. The number of nitrogens with zero attached hydrogens (tertiary/aromatic N) is 1. The van der Waals surface area contributed by atoms with Gasteiger partial charge in [-0.05, 0) is 33.2 Å². The SMILES string of the molecule is CC(C)CC(C)N(C)CC(C)(N)CO. The van der Waals surface area contributed by atoms with Gasteiger partial charge in [-0.25, -0.2) is 0 Å². The molecular weight excluding hydrogens is 176 g/mol. The summed E-state index contributed by atoms with van der Waals surface area (Å²) in [6.07, 6.45) is 1.16. The van der Waals surface area contributed by atoms with Crippen LogP contribution in [0.1, 0.15) is 34.1 Å². The molecular formula is C11H26N2O. The first-order chi connectivity index (χ1) is 6.28. The van der Waals surface area contributed by atoms with Gasteiger partial charge in [-0.3, -0.25) is 0 Å². The Balaban J connectivity index is 4.00. The van der Waals surface area contributed by atoms with Crippen LogP contribution in [0.25, 0.3) is 0 Å². The summed E-state index contributed by atoms with van der Waals surface area (Å²) in [6.45, 7) is 9.29. The molecule has 2 atom stereocenters. The topological polar surface area (TPSA) is 49.5 Å². The van der Waals surface area contributed by atoms with Crippen molar-refractivity contribution in [2.45, 2.75) is 45.7 Å². The molecule has 0 fully saturated rings. The fraction of sp³-hybridized carbons (Fsp3) is 1.00. The molecule has 0 aromatic heterocycles. The third-order valence-corrected chi connectivity index (χ3v) is 2.54. The fourth-order valence-electron chi connectivity index (χ4n) is 1.64. The van der Waals surface area contributed by atoms with Crippen molar-refractivity contribution in [1.29, 1.82) is 0 Å². The summed E-state index contributed by atoms with van der Waals surface area (Å²) in [5.74, 6) is 0.700. The maximum atomic E-state index is 9.05. The smallest absolute Gasteiger partial charge is 0.0621 e. The van der Waals surface area contributed by atoms with E-state index in [0.29, 0.717) is 12.0 Å². The molecule has 3 nitrogen and oxygen atoms in total. The zero-order valence-electron chi connectivity index (χ0n) is 10.2. The normalized spacial score (nSPS) is 18.6. The fourth-order valence-corrected chi connectivity index (χ4v) is 1.64. The van der Waals surface area contributed by atoms with E-state index in [1.807, 2.05) is 6.92 Å². The van der Waals surface area contributed by atoms with Crippen molar-refractivity contribution >= 4 is 0 Å². The van der Waals surface area contributed by atoms with Crippen LogP contribution < -0.4 is 5.73 Å². The van der Waals surface area contributed by atoms with Crippen molar-refractivity contribution in [3.8, 4) is 0 Å². The Morgan fingerprint density at radius 1 is 1.36 bits per heavy atom. The zero-order chi connectivity index (χ0) is 11.4. The third-order valence-electron chi connectivity index (χ3n) is 2.54. The van der Waals surface area contributed by atoms with Gasteiger partial charge in [-0.15, -0.1) is 0 Å². The predicted molar refractivity (Wildman–Crippen MR) is 61.2 cm³/mol. The summed E-state index contributed by atoms with van der Waals surface area (Å²) >= 11 is 0. The molecule has 0 spiro atoms. The van der Waals surface area contributed by atoms with E-state index < -0.39 is 5.54 Å². The van der Waals surface area contributed by atoms with Gasteiger partial charge in [0.25, 0.3) is 0 Å². The Labute approximate surface area is 88.3 Å². The van der Waals surface area contributed by atoms with Crippen LogP contribution in [0.3, 0.4) is 0 Å². The number of aliphatic hydroxyl groups is 1. The lowest BCUT2D eigenvalue weighted by Crippen LogP contribution is -2.51. The summed E-state index contributed by atoms with van der Waals surface area (Å²) in [7, 11) is 2.06. The highest BCUT2D eigenvalue weighted by molar-refractivity contribution is 4.82. The molecule has 0 saturated heterocycles.